The number of hydrogen-bond donors (Lipinski definition) is 1. The summed E-state index contributed by atoms with van der Waals surface area (Å²) in [6, 6.07) is 9.67. The fourth-order valence-corrected chi connectivity index (χ4v) is 2.77. The SMILES string of the molecule is CCC(O)(c1ccccc1)c1c(Br)cnn1C. The Labute approximate surface area is 109 Å². The average molecular weight is 295 g/mol. The van der Waals surface area contributed by atoms with Crippen LogP contribution in [-0.2, 0) is 12.6 Å². The van der Waals surface area contributed by atoms with Gasteiger partial charge in [-0.2, -0.15) is 5.10 Å². The first-order chi connectivity index (χ1) is 8.09. The minimum atomic E-state index is -1.01. The molecular weight excluding hydrogens is 280 g/mol. The van der Waals surface area contributed by atoms with Crippen molar-refractivity contribution in [1.82, 2.24) is 9.78 Å². The Morgan fingerprint density at radius 2 is 2.00 bits per heavy atom. The van der Waals surface area contributed by atoms with E-state index >= 15 is 0 Å². The van der Waals surface area contributed by atoms with E-state index in [0.717, 1.165) is 15.7 Å². The van der Waals surface area contributed by atoms with Crippen molar-refractivity contribution in [1.29, 1.82) is 0 Å². The summed E-state index contributed by atoms with van der Waals surface area (Å²) in [5.41, 5.74) is 0.656. The van der Waals surface area contributed by atoms with E-state index < -0.39 is 5.60 Å². The Balaban J connectivity index is 2.60. The maximum atomic E-state index is 10.9. The van der Waals surface area contributed by atoms with Gasteiger partial charge in [0.05, 0.1) is 16.4 Å². The summed E-state index contributed by atoms with van der Waals surface area (Å²) in [5.74, 6) is 0. The molecule has 17 heavy (non-hydrogen) atoms. The zero-order chi connectivity index (χ0) is 12.5. The molecule has 3 nitrogen and oxygen atoms in total. The van der Waals surface area contributed by atoms with Gasteiger partial charge in [-0.1, -0.05) is 37.3 Å². The van der Waals surface area contributed by atoms with Crippen molar-refractivity contribution in [2.45, 2.75) is 18.9 Å². The molecule has 1 atom stereocenters. The van der Waals surface area contributed by atoms with E-state index in [1.807, 2.05) is 44.3 Å². The minimum absolute atomic E-state index is 0.592. The fraction of sp³-hybridized carbons (Fsp3) is 0.308. The molecule has 0 saturated carbocycles. The smallest absolute Gasteiger partial charge is 0.132 e. The van der Waals surface area contributed by atoms with E-state index in [-0.39, 0.29) is 0 Å². The van der Waals surface area contributed by atoms with Crippen molar-refractivity contribution in [2.75, 3.05) is 0 Å². The van der Waals surface area contributed by atoms with Gasteiger partial charge in [-0.25, -0.2) is 0 Å². The molecule has 0 fully saturated rings. The Morgan fingerprint density at radius 1 is 1.35 bits per heavy atom. The molecule has 1 N–H and O–H groups in total. The summed E-state index contributed by atoms with van der Waals surface area (Å²) >= 11 is 3.45. The molecule has 0 aliphatic heterocycles. The van der Waals surface area contributed by atoms with Crippen molar-refractivity contribution < 1.29 is 5.11 Å². The molecule has 1 aromatic carbocycles. The van der Waals surface area contributed by atoms with Crippen molar-refractivity contribution in [3.63, 3.8) is 0 Å². The van der Waals surface area contributed by atoms with Crippen molar-refractivity contribution in [2.24, 2.45) is 7.05 Å². The molecule has 2 rings (SSSR count). The van der Waals surface area contributed by atoms with E-state index in [2.05, 4.69) is 21.0 Å². The van der Waals surface area contributed by atoms with Crippen LogP contribution in [0.4, 0.5) is 0 Å². The van der Waals surface area contributed by atoms with Gasteiger partial charge < -0.3 is 5.11 Å². The standard InChI is InChI=1S/C13H15BrN2O/c1-3-13(17,10-7-5-4-6-8-10)12-11(14)9-15-16(12)2/h4-9,17H,3H2,1-2H3. The van der Waals surface area contributed by atoms with Crippen LogP contribution in [0, 0.1) is 0 Å². The second-order valence-corrected chi connectivity index (χ2v) is 4.90. The quantitative estimate of drug-likeness (QED) is 0.945. The lowest BCUT2D eigenvalue weighted by atomic mass is 9.88. The van der Waals surface area contributed by atoms with E-state index in [9.17, 15) is 5.11 Å². The highest BCUT2D eigenvalue weighted by atomic mass is 79.9. The van der Waals surface area contributed by atoms with Gasteiger partial charge in [0.15, 0.2) is 0 Å². The Kier molecular flexibility index (Phi) is 3.35. The van der Waals surface area contributed by atoms with Crippen molar-refractivity contribution >= 4 is 15.9 Å². The van der Waals surface area contributed by atoms with E-state index in [1.54, 1.807) is 10.9 Å². The van der Waals surface area contributed by atoms with E-state index in [4.69, 9.17) is 0 Å². The van der Waals surface area contributed by atoms with Gasteiger partial charge in [-0.15, -0.1) is 0 Å². The third-order valence-corrected chi connectivity index (χ3v) is 3.63. The van der Waals surface area contributed by atoms with Crippen LogP contribution < -0.4 is 0 Å². The van der Waals surface area contributed by atoms with E-state index in [0.29, 0.717) is 6.42 Å². The summed E-state index contributed by atoms with van der Waals surface area (Å²) in [7, 11) is 1.84. The highest BCUT2D eigenvalue weighted by Crippen LogP contribution is 2.36. The van der Waals surface area contributed by atoms with Crippen LogP contribution >= 0.6 is 15.9 Å². The molecule has 0 bridgehead atoms. The molecule has 0 saturated heterocycles. The number of hydrogen-bond acceptors (Lipinski definition) is 2. The van der Waals surface area contributed by atoms with Crippen LogP contribution in [-0.4, -0.2) is 14.9 Å². The predicted octanol–water partition coefficient (Wildman–Crippen LogP) is 2.83. The Morgan fingerprint density at radius 3 is 2.47 bits per heavy atom. The summed E-state index contributed by atoms with van der Waals surface area (Å²) in [6.45, 7) is 1.96. The molecule has 2 aromatic rings. The van der Waals surface area contributed by atoms with Gasteiger partial charge in [0, 0.05) is 7.05 Å². The number of aryl methyl sites for hydroxylation is 1. The largest absolute Gasteiger partial charge is 0.379 e. The summed E-state index contributed by atoms with van der Waals surface area (Å²) in [5, 5.41) is 15.1. The molecule has 0 spiro atoms. The van der Waals surface area contributed by atoms with Crippen LogP contribution in [0.1, 0.15) is 24.6 Å². The van der Waals surface area contributed by atoms with Gasteiger partial charge in [0.25, 0.3) is 0 Å². The van der Waals surface area contributed by atoms with Crippen LogP contribution in [0.3, 0.4) is 0 Å². The van der Waals surface area contributed by atoms with Crippen LogP contribution in [0.15, 0.2) is 41.0 Å². The van der Waals surface area contributed by atoms with Crippen LogP contribution in [0.5, 0.6) is 0 Å². The van der Waals surface area contributed by atoms with Gasteiger partial charge >= 0.3 is 0 Å². The zero-order valence-electron chi connectivity index (χ0n) is 9.89. The molecule has 0 aliphatic carbocycles. The van der Waals surface area contributed by atoms with E-state index in [1.165, 1.54) is 0 Å². The van der Waals surface area contributed by atoms with Crippen molar-refractivity contribution in [3.05, 3.63) is 52.3 Å². The van der Waals surface area contributed by atoms with Gasteiger partial charge in [0.1, 0.15) is 5.60 Å². The second-order valence-electron chi connectivity index (χ2n) is 4.04. The number of nitrogens with zero attached hydrogens (tertiary/aromatic N) is 2. The summed E-state index contributed by atoms with van der Waals surface area (Å²) in [6.07, 6.45) is 2.30. The first-order valence-corrected chi connectivity index (χ1v) is 6.34. The maximum absolute atomic E-state index is 10.9. The van der Waals surface area contributed by atoms with Crippen molar-refractivity contribution in [3.8, 4) is 0 Å². The number of rotatable bonds is 3. The van der Waals surface area contributed by atoms with Gasteiger partial charge in [-0.3, -0.25) is 4.68 Å². The highest BCUT2D eigenvalue weighted by molar-refractivity contribution is 9.10. The molecule has 1 unspecified atom stereocenters. The Hall–Kier alpha value is -1.13. The van der Waals surface area contributed by atoms with Gasteiger partial charge in [0.2, 0.25) is 0 Å². The summed E-state index contributed by atoms with van der Waals surface area (Å²) in [4.78, 5) is 0. The molecule has 1 aromatic heterocycles. The molecule has 4 heteroatoms. The molecule has 1 heterocycles. The predicted molar refractivity (Wildman–Crippen MR) is 70.6 cm³/mol. The lowest BCUT2D eigenvalue weighted by molar-refractivity contribution is 0.0669. The third kappa shape index (κ3) is 2.03. The molecular formula is C13H15BrN2O. The van der Waals surface area contributed by atoms with Crippen LogP contribution in [0.2, 0.25) is 0 Å². The van der Waals surface area contributed by atoms with Gasteiger partial charge in [-0.05, 0) is 27.9 Å². The average Bonchev–Trinajstić information content (AvgIpc) is 2.70. The molecule has 90 valence electrons. The fourth-order valence-electron chi connectivity index (χ4n) is 2.10. The normalized spacial score (nSPS) is 14.6. The lowest BCUT2D eigenvalue weighted by Crippen LogP contribution is -2.29. The number of halogens is 1. The summed E-state index contributed by atoms with van der Waals surface area (Å²) < 4.78 is 2.54. The number of aliphatic hydroxyl groups is 1. The molecule has 0 radical (unpaired) electrons. The lowest BCUT2D eigenvalue weighted by Gasteiger charge is -2.28. The third-order valence-electron chi connectivity index (χ3n) is 3.05. The first kappa shape index (κ1) is 12.3. The molecule has 0 amide bonds. The highest BCUT2D eigenvalue weighted by Gasteiger charge is 2.34. The molecule has 0 aliphatic rings. The maximum Gasteiger partial charge on any atom is 0.132 e. The number of aromatic nitrogens is 2. The Bertz CT molecular complexity index is 490. The topological polar surface area (TPSA) is 38.1 Å². The minimum Gasteiger partial charge on any atom is -0.379 e. The monoisotopic (exact) mass is 294 g/mol. The number of benzene rings is 1. The zero-order valence-corrected chi connectivity index (χ0v) is 11.5. The van der Waals surface area contributed by atoms with Crippen LogP contribution in [0.25, 0.3) is 0 Å². The first-order valence-electron chi connectivity index (χ1n) is 5.55. The second kappa shape index (κ2) is 4.63.